The van der Waals surface area contributed by atoms with Gasteiger partial charge in [0.1, 0.15) is 21.5 Å². The predicted octanol–water partition coefficient (Wildman–Crippen LogP) is 10.3. The summed E-state index contributed by atoms with van der Waals surface area (Å²) in [4.78, 5) is 17.8. The number of sulfone groups is 2. The van der Waals surface area contributed by atoms with Crippen LogP contribution in [0.4, 0.5) is 46.3 Å². The van der Waals surface area contributed by atoms with Crippen LogP contribution in [-0.4, -0.2) is 79.7 Å². The summed E-state index contributed by atoms with van der Waals surface area (Å²) < 4.78 is 62.3. The van der Waals surface area contributed by atoms with Gasteiger partial charge in [-0.05, 0) is 125 Å². The summed E-state index contributed by atoms with van der Waals surface area (Å²) in [5.41, 5.74) is 11.0. The Balaban J connectivity index is 0.000000250. The molecule has 74 heavy (non-hydrogen) atoms. The molecule has 22 heteroatoms. The van der Waals surface area contributed by atoms with E-state index in [0.29, 0.717) is 71.8 Å². The lowest BCUT2D eigenvalue weighted by molar-refractivity contribution is 0.416. The van der Waals surface area contributed by atoms with Crippen molar-refractivity contribution in [1.29, 1.82) is 0 Å². The average molecular weight is 1100 g/mol. The van der Waals surface area contributed by atoms with Crippen LogP contribution < -0.4 is 47.1 Å². The van der Waals surface area contributed by atoms with E-state index in [0.717, 1.165) is 16.7 Å². The van der Waals surface area contributed by atoms with Gasteiger partial charge in [0, 0.05) is 13.1 Å². The molecule has 0 radical (unpaired) electrons. The summed E-state index contributed by atoms with van der Waals surface area (Å²) in [6, 6.07) is 34.9. The Kier molecular flexibility index (Phi) is 20.2. The molecule has 17 nitrogen and oxygen atoms in total. The number of hydrogen-bond acceptors (Lipinski definition) is 16. The fraction of sp³-hybridized carbons (Fsp3) is 0.250. The lowest BCUT2D eigenvalue weighted by atomic mass is 10.1. The largest absolute Gasteiger partial charge is 0.495 e. The molecule has 8 N–H and O–H groups in total. The van der Waals surface area contributed by atoms with Gasteiger partial charge in [0.25, 0.3) is 0 Å². The molecule has 0 unspecified atom stereocenters. The van der Waals surface area contributed by atoms with Crippen LogP contribution in [0.2, 0.25) is 10.0 Å². The van der Waals surface area contributed by atoms with E-state index in [1.165, 1.54) is 12.4 Å². The third-order valence-corrected chi connectivity index (χ3v) is 16.3. The number of aromatic nitrogens is 4. The number of ether oxygens (including phenoxy) is 2. The quantitative estimate of drug-likeness (QED) is 0.0331. The number of nitrogens with one attached hydrogen (secondary N) is 6. The molecule has 0 amide bonds. The molecule has 0 spiro atoms. The van der Waals surface area contributed by atoms with E-state index in [4.69, 9.17) is 50.6 Å². The third kappa shape index (κ3) is 15.1. The molecule has 7 rings (SSSR count). The van der Waals surface area contributed by atoms with Crippen LogP contribution in [0.5, 0.6) is 11.5 Å². The number of benzene rings is 5. The van der Waals surface area contributed by atoms with E-state index in [9.17, 15) is 16.8 Å². The molecule has 0 bridgehead atoms. The van der Waals surface area contributed by atoms with Gasteiger partial charge >= 0.3 is 0 Å². The maximum absolute atomic E-state index is 12.9. The Hall–Kier alpha value is -6.81. The van der Waals surface area contributed by atoms with Gasteiger partial charge in [-0.2, -0.15) is 9.97 Å². The van der Waals surface area contributed by atoms with Crippen molar-refractivity contribution in [2.75, 3.05) is 48.6 Å². The second-order valence-electron chi connectivity index (χ2n) is 16.9. The van der Waals surface area contributed by atoms with Crippen molar-refractivity contribution >= 4 is 106 Å². The van der Waals surface area contributed by atoms with E-state index in [2.05, 4.69) is 51.8 Å². The first-order valence-electron chi connectivity index (χ1n) is 23.3. The van der Waals surface area contributed by atoms with Crippen LogP contribution in [0, 0.1) is 0 Å². The summed E-state index contributed by atoms with van der Waals surface area (Å²) >= 11 is 18.1. The first-order chi connectivity index (χ1) is 35.4. The zero-order valence-electron chi connectivity index (χ0n) is 41.6. The van der Waals surface area contributed by atoms with Gasteiger partial charge in [-0.3, -0.25) is 0 Å². The van der Waals surface area contributed by atoms with Gasteiger partial charge < -0.3 is 47.1 Å². The summed E-state index contributed by atoms with van der Waals surface area (Å²) in [5, 5.41) is 18.8. The first kappa shape index (κ1) is 56.5. The lowest BCUT2D eigenvalue weighted by Crippen LogP contribution is -2.35. The highest BCUT2D eigenvalue weighted by atomic mass is 35.5. The number of thiocarbonyl (C=S) groups is 1. The number of nitrogens with two attached hydrogens (primary N) is 1. The summed E-state index contributed by atoms with van der Waals surface area (Å²) in [6.07, 6.45) is 4.31. The van der Waals surface area contributed by atoms with Crippen molar-refractivity contribution in [3.63, 3.8) is 0 Å². The third-order valence-electron chi connectivity index (χ3n) is 11.1. The molecule has 0 aliphatic rings. The van der Waals surface area contributed by atoms with E-state index in [1.54, 1.807) is 90.4 Å². The molecule has 0 saturated heterocycles. The van der Waals surface area contributed by atoms with Crippen molar-refractivity contribution in [3.05, 3.63) is 154 Å². The Bertz CT molecular complexity index is 3270. The van der Waals surface area contributed by atoms with Crippen molar-refractivity contribution in [1.82, 2.24) is 30.6 Å². The van der Waals surface area contributed by atoms with Crippen LogP contribution in [0.1, 0.15) is 44.4 Å². The second-order valence-corrected chi connectivity index (χ2v) is 23.1. The smallest absolute Gasteiger partial charge is 0.229 e. The molecule has 5 aromatic carbocycles. The van der Waals surface area contributed by atoms with E-state index in [1.807, 2.05) is 66.7 Å². The van der Waals surface area contributed by atoms with Crippen LogP contribution in [0.3, 0.4) is 0 Å². The van der Waals surface area contributed by atoms with Gasteiger partial charge in [-0.1, -0.05) is 89.9 Å². The zero-order valence-corrected chi connectivity index (χ0v) is 45.6. The average Bonchev–Trinajstić information content (AvgIpc) is 3.38. The van der Waals surface area contributed by atoms with Crippen molar-refractivity contribution in [2.24, 2.45) is 5.73 Å². The van der Waals surface area contributed by atoms with E-state index in [-0.39, 0.29) is 43.4 Å². The Labute approximate surface area is 448 Å². The number of nitrogens with zero attached hydrogens (tertiary/aromatic N) is 4. The monoisotopic (exact) mass is 1100 g/mol. The molecule has 2 aromatic heterocycles. The second kappa shape index (κ2) is 26.4. The highest BCUT2D eigenvalue weighted by Crippen LogP contribution is 2.35. The van der Waals surface area contributed by atoms with Gasteiger partial charge in [0.2, 0.25) is 11.9 Å². The first-order valence-corrected chi connectivity index (χ1v) is 27.6. The minimum absolute atomic E-state index is 0.168. The van der Waals surface area contributed by atoms with Gasteiger partial charge in [0.15, 0.2) is 36.4 Å². The molecule has 0 fully saturated rings. The van der Waals surface area contributed by atoms with Crippen molar-refractivity contribution < 1.29 is 26.3 Å². The molecular weight excluding hydrogens is 1040 g/mol. The van der Waals surface area contributed by atoms with Gasteiger partial charge in [-0.25, -0.2) is 26.8 Å². The molecule has 0 aliphatic heterocycles. The molecule has 0 aliphatic carbocycles. The van der Waals surface area contributed by atoms with E-state index >= 15 is 0 Å². The summed E-state index contributed by atoms with van der Waals surface area (Å²) in [7, 11) is -3.89. The maximum Gasteiger partial charge on any atom is 0.229 e. The molecule has 7 aromatic rings. The Morgan fingerprint density at radius 1 is 0.581 bits per heavy atom. The SMILES string of the molecule is COc1ccc(CCN)cc1Nc1ncc(Cl)c(Nc2ccccc2S(=O)(=O)C(C)C)n1.COc1ccc(CCNC(=S)NCc2ccccc2)cc1Nc1ncc(Cl)c(Nc2ccccc2S(=O)(=O)C(C)C)n1. The maximum atomic E-state index is 12.9. The number of hydrogen-bond donors (Lipinski definition) is 7. The van der Waals surface area contributed by atoms with Crippen LogP contribution in [0.25, 0.3) is 0 Å². The molecular formula is C52H59Cl2N11O6S3. The minimum atomic E-state index is -3.54. The Morgan fingerprint density at radius 2 is 1.03 bits per heavy atom. The van der Waals surface area contributed by atoms with E-state index < -0.39 is 30.2 Å². The lowest BCUT2D eigenvalue weighted by Gasteiger charge is -2.16. The fourth-order valence-corrected chi connectivity index (χ4v) is 9.87. The fourth-order valence-electron chi connectivity index (χ4n) is 7.01. The minimum Gasteiger partial charge on any atom is -0.495 e. The topological polar surface area (TPSA) is 236 Å². The Morgan fingerprint density at radius 3 is 1.47 bits per heavy atom. The van der Waals surface area contributed by atoms with Gasteiger partial charge in [0.05, 0.1) is 69.7 Å². The highest BCUT2D eigenvalue weighted by molar-refractivity contribution is 7.92. The molecule has 0 saturated carbocycles. The zero-order chi connectivity index (χ0) is 53.4. The van der Waals surface area contributed by atoms with Gasteiger partial charge in [-0.15, -0.1) is 0 Å². The van der Waals surface area contributed by atoms with Crippen molar-refractivity contribution in [3.8, 4) is 11.5 Å². The summed E-state index contributed by atoms with van der Waals surface area (Å²) in [6.45, 7) is 8.37. The van der Waals surface area contributed by atoms with Crippen molar-refractivity contribution in [2.45, 2.75) is 67.4 Å². The van der Waals surface area contributed by atoms with Crippen LogP contribution in [-0.2, 0) is 39.1 Å². The van der Waals surface area contributed by atoms with Crippen LogP contribution in [0.15, 0.2) is 137 Å². The number of anilines is 8. The highest BCUT2D eigenvalue weighted by Gasteiger charge is 2.25. The molecule has 2 heterocycles. The number of rotatable bonds is 21. The number of halogens is 2. The standard InChI is InChI=1S/C30H33ClN6O3S2.C22H26ClN5O3S/c1-20(2)42(38,39)27-12-8-7-11-24(27)35-28-23(31)19-33-29(37-28)36-25-17-21(13-14-26(25)40-3)15-16-32-30(41)34-18-22-9-5-4-6-10-22;1-14(2)32(29,30)20-7-5-4-6-17(20)26-21-16(23)13-25-22(28-21)27-18-12-15(10-11-24)8-9-19(18)31-3/h4-14,17,19-20H,15-16,18H2,1-3H3,(H2,32,34,41)(H2,33,35,36,37);4-9,12-14H,10-11,24H2,1-3H3,(H2,25,26,27,28). The normalized spacial score (nSPS) is 11.3. The predicted molar refractivity (Wildman–Crippen MR) is 301 cm³/mol. The van der Waals surface area contributed by atoms with Crippen LogP contribution >= 0.6 is 35.4 Å². The summed E-state index contributed by atoms with van der Waals surface area (Å²) in [5.74, 6) is 2.28. The number of methoxy groups -OCH3 is 2. The number of para-hydroxylation sites is 2. The molecule has 0 atom stereocenters. The molecule has 390 valence electrons.